The van der Waals surface area contributed by atoms with Gasteiger partial charge in [0.1, 0.15) is 5.82 Å². The van der Waals surface area contributed by atoms with Gasteiger partial charge >= 0.3 is 0 Å². The van der Waals surface area contributed by atoms with Gasteiger partial charge in [-0.25, -0.2) is 4.98 Å². The summed E-state index contributed by atoms with van der Waals surface area (Å²) >= 11 is 0. The molecule has 2 rings (SSSR count). The van der Waals surface area contributed by atoms with E-state index in [4.69, 9.17) is 4.74 Å². The first kappa shape index (κ1) is 13.4. The maximum atomic E-state index is 9.56. The summed E-state index contributed by atoms with van der Waals surface area (Å²) in [4.78, 5) is 6.46. The van der Waals surface area contributed by atoms with Crippen LogP contribution >= 0.6 is 0 Å². The van der Waals surface area contributed by atoms with Crippen LogP contribution in [0, 0.1) is 0 Å². The van der Waals surface area contributed by atoms with Gasteiger partial charge in [0.05, 0.1) is 13.7 Å². The van der Waals surface area contributed by atoms with Gasteiger partial charge in [-0.05, 0) is 24.7 Å². The Hall–Kier alpha value is -2.01. The summed E-state index contributed by atoms with van der Waals surface area (Å²) in [6, 6.07) is 5.40. The lowest BCUT2D eigenvalue weighted by Gasteiger charge is -2.17. The Morgan fingerprint density at radius 1 is 1.37 bits per heavy atom. The number of aryl methyl sites for hydroxylation is 1. The lowest BCUT2D eigenvalue weighted by atomic mass is 10.2. The van der Waals surface area contributed by atoms with Crippen LogP contribution in [0.25, 0.3) is 0 Å². The number of phenolic OH excluding ortho intramolecular Hbond substituents is 1. The molecule has 0 spiro atoms. The molecule has 0 fully saturated rings. The average Bonchev–Trinajstić information content (AvgIpc) is 2.77. The number of benzene rings is 1. The molecule has 1 aromatic carbocycles. The molecule has 1 aromatic heterocycles. The molecule has 1 heterocycles. The lowest BCUT2D eigenvalue weighted by molar-refractivity contribution is 0.305. The van der Waals surface area contributed by atoms with Gasteiger partial charge in [0.15, 0.2) is 11.5 Å². The van der Waals surface area contributed by atoms with Gasteiger partial charge in [0.2, 0.25) is 0 Å². The minimum atomic E-state index is 0.165. The molecule has 0 atom stereocenters. The number of hydrogen-bond acceptors (Lipinski definition) is 4. The second-order valence-electron chi connectivity index (χ2n) is 4.63. The van der Waals surface area contributed by atoms with Crippen LogP contribution in [0.1, 0.15) is 11.4 Å². The molecule has 0 amide bonds. The molecule has 0 aliphatic rings. The van der Waals surface area contributed by atoms with E-state index in [0.29, 0.717) is 5.75 Å². The lowest BCUT2D eigenvalue weighted by Crippen LogP contribution is -2.19. The standard InChI is InChI=1S/C14H19N3O2/c1-16(10-14-15-6-7-17(14)2)9-11-4-5-12(18)13(8-11)19-3/h4-8,18H,9-10H2,1-3H3. The van der Waals surface area contributed by atoms with E-state index >= 15 is 0 Å². The summed E-state index contributed by atoms with van der Waals surface area (Å²) < 4.78 is 7.12. The molecule has 0 unspecified atom stereocenters. The third-order valence-corrected chi connectivity index (χ3v) is 3.03. The fourth-order valence-corrected chi connectivity index (χ4v) is 1.98. The number of hydrogen-bond donors (Lipinski definition) is 1. The summed E-state index contributed by atoms with van der Waals surface area (Å²) in [6.07, 6.45) is 3.74. The quantitative estimate of drug-likeness (QED) is 0.891. The average molecular weight is 261 g/mol. The van der Waals surface area contributed by atoms with E-state index in [-0.39, 0.29) is 5.75 Å². The molecule has 0 bridgehead atoms. The van der Waals surface area contributed by atoms with Crippen LogP contribution in [0.3, 0.4) is 0 Å². The predicted octanol–water partition coefficient (Wildman–Crippen LogP) is 1.77. The van der Waals surface area contributed by atoms with Crippen LogP contribution in [-0.4, -0.2) is 33.7 Å². The van der Waals surface area contributed by atoms with Gasteiger partial charge in [0, 0.05) is 26.0 Å². The smallest absolute Gasteiger partial charge is 0.160 e. The van der Waals surface area contributed by atoms with Crippen LogP contribution < -0.4 is 4.74 Å². The largest absolute Gasteiger partial charge is 0.504 e. The Labute approximate surface area is 113 Å². The third-order valence-electron chi connectivity index (χ3n) is 3.03. The molecule has 0 saturated heterocycles. The zero-order valence-electron chi connectivity index (χ0n) is 11.5. The molecule has 0 saturated carbocycles. The fourth-order valence-electron chi connectivity index (χ4n) is 1.98. The first-order valence-electron chi connectivity index (χ1n) is 6.10. The van der Waals surface area contributed by atoms with Crippen molar-refractivity contribution in [1.82, 2.24) is 14.5 Å². The number of phenols is 1. The van der Waals surface area contributed by atoms with E-state index in [2.05, 4.69) is 9.88 Å². The molecule has 5 nitrogen and oxygen atoms in total. The van der Waals surface area contributed by atoms with Crippen molar-refractivity contribution in [2.45, 2.75) is 13.1 Å². The van der Waals surface area contributed by atoms with Gasteiger partial charge in [0.25, 0.3) is 0 Å². The number of methoxy groups -OCH3 is 1. The predicted molar refractivity (Wildman–Crippen MR) is 73.0 cm³/mol. The Balaban J connectivity index is 2.02. The second-order valence-corrected chi connectivity index (χ2v) is 4.63. The summed E-state index contributed by atoms with van der Waals surface area (Å²) in [7, 11) is 5.57. The molecular weight excluding hydrogens is 242 g/mol. The number of aromatic hydroxyl groups is 1. The van der Waals surface area contributed by atoms with Gasteiger partial charge in [-0.15, -0.1) is 0 Å². The van der Waals surface area contributed by atoms with Crippen molar-refractivity contribution >= 4 is 0 Å². The van der Waals surface area contributed by atoms with Crippen LogP contribution in [-0.2, 0) is 20.1 Å². The SMILES string of the molecule is COc1cc(CN(C)Cc2nccn2C)ccc1O. The summed E-state index contributed by atoms with van der Waals surface area (Å²) in [5.41, 5.74) is 1.09. The first-order valence-corrected chi connectivity index (χ1v) is 6.10. The summed E-state index contributed by atoms with van der Waals surface area (Å²) in [5, 5.41) is 9.56. The van der Waals surface area contributed by atoms with E-state index in [9.17, 15) is 5.11 Å². The Bertz CT molecular complexity index is 551. The Kier molecular flexibility index (Phi) is 4.06. The summed E-state index contributed by atoms with van der Waals surface area (Å²) in [5.74, 6) is 1.69. The normalized spacial score (nSPS) is 10.9. The van der Waals surface area contributed by atoms with Crippen LogP contribution in [0.15, 0.2) is 30.6 Å². The van der Waals surface area contributed by atoms with Gasteiger partial charge in [-0.3, -0.25) is 4.90 Å². The first-order chi connectivity index (χ1) is 9.10. The van der Waals surface area contributed by atoms with E-state index in [1.54, 1.807) is 19.4 Å². The van der Waals surface area contributed by atoms with Crippen molar-refractivity contribution in [3.05, 3.63) is 42.0 Å². The zero-order valence-corrected chi connectivity index (χ0v) is 11.5. The second kappa shape index (κ2) is 5.75. The zero-order chi connectivity index (χ0) is 13.8. The number of ether oxygens (including phenoxy) is 1. The highest BCUT2D eigenvalue weighted by Crippen LogP contribution is 2.26. The number of nitrogens with zero attached hydrogens (tertiary/aromatic N) is 3. The van der Waals surface area contributed by atoms with Crippen molar-refractivity contribution in [1.29, 1.82) is 0 Å². The van der Waals surface area contributed by atoms with Crippen molar-refractivity contribution in [3.63, 3.8) is 0 Å². The van der Waals surface area contributed by atoms with Gasteiger partial charge in [-0.2, -0.15) is 0 Å². The molecule has 1 N–H and O–H groups in total. The van der Waals surface area contributed by atoms with Crippen LogP contribution in [0.2, 0.25) is 0 Å². The highest BCUT2D eigenvalue weighted by molar-refractivity contribution is 5.41. The Morgan fingerprint density at radius 2 is 2.16 bits per heavy atom. The third kappa shape index (κ3) is 3.26. The molecule has 0 aliphatic heterocycles. The monoisotopic (exact) mass is 261 g/mol. The molecule has 2 aromatic rings. The number of aromatic nitrogens is 2. The minimum Gasteiger partial charge on any atom is -0.504 e. The van der Waals surface area contributed by atoms with Crippen molar-refractivity contribution in [2.24, 2.45) is 7.05 Å². The van der Waals surface area contributed by atoms with Crippen molar-refractivity contribution < 1.29 is 9.84 Å². The van der Waals surface area contributed by atoms with Crippen molar-refractivity contribution in [3.8, 4) is 11.5 Å². The highest BCUT2D eigenvalue weighted by atomic mass is 16.5. The molecule has 19 heavy (non-hydrogen) atoms. The number of imidazole rings is 1. The molecule has 0 radical (unpaired) electrons. The Morgan fingerprint density at radius 3 is 2.79 bits per heavy atom. The topological polar surface area (TPSA) is 50.5 Å². The molecule has 5 heteroatoms. The molecular formula is C14H19N3O2. The van der Waals surface area contributed by atoms with Gasteiger partial charge < -0.3 is 14.4 Å². The van der Waals surface area contributed by atoms with Crippen molar-refractivity contribution in [2.75, 3.05) is 14.2 Å². The number of rotatable bonds is 5. The summed E-state index contributed by atoms with van der Waals surface area (Å²) in [6.45, 7) is 1.54. The fraction of sp³-hybridized carbons (Fsp3) is 0.357. The van der Waals surface area contributed by atoms with E-state index < -0.39 is 0 Å². The van der Waals surface area contributed by atoms with E-state index in [0.717, 1.165) is 24.5 Å². The van der Waals surface area contributed by atoms with E-state index in [1.807, 2.05) is 37.0 Å². The maximum absolute atomic E-state index is 9.56. The van der Waals surface area contributed by atoms with Crippen LogP contribution in [0.5, 0.6) is 11.5 Å². The van der Waals surface area contributed by atoms with Gasteiger partial charge in [-0.1, -0.05) is 6.07 Å². The molecule has 102 valence electrons. The molecule has 0 aliphatic carbocycles. The van der Waals surface area contributed by atoms with Crippen LogP contribution in [0.4, 0.5) is 0 Å². The highest BCUT2D eigenvalue weighted by Gasteiger charge is 2.07. The minimum absolute atomic E-state index is 0.165. The van der Waals surface area contributed by atoms with E-state index in [1.165, 1.54) is 0 Å². The maximum Gasteiger partial charge on any atom is 0.160 e.